The summed E-state index contributed by atoms with van der Waals surface area (Å²) in [5.74, 6) is -1.24. The number of amides is 1. The first-order chi connectivity index (χ1) is 9.33. The Bertz CT molecular complexity index is 676. The highest BCUT2D eigenvalue weighted by Gasteiger charge is 2.28. The summed E-state index contributed by atoms with van der Waals surface area (Å²) in [5.41, 5.74) is 0.342. The number of H-pyrrole nitrogens is 1. The van der Waals surface area contributed by atoms with Gasteiger partial charge in [0, 0.05) is 28.1 Å². The van der Waals surface area contributed by atoms with E-state index in [1.165, 1.54) is 0 Å². The Hall–Kier alpha value is -1.82. The van der Waals surface area contributed by atoms with Crippen molar-refractivity contribution < 1.29 is 14.7 Å². The van der Waals surface area contributed by atoms with Crippen LogP contribution in [0.25, 0.3) is 10.9 Å². The monoisotopic (exact) mass is 338 g/mol. The molecular weight excluding hydrogens is 324 g/mol. The second-order valence-electron chi connectivity index (χ2n) is 5.24. The van der Waals surface area contributed by atoms with Crippen LogP contribution in [0.15, 0.2) is 28.9 Å². The van der Waals surface area contributed by atoms with Gasteiger partial charge in [0.05, 0.1) is 11.0 Å². The minimum Gasteiger partial charge on any atom is -0.481 e. The first kappa shape index (κ1) is 14.6. The molecule has 5 nitrogen and oxygen atoms in total. The molecule has 0 saturated heterocycles. The third kappa shape index (κ3) is 2.70. The number of fused-ring (bicyclic) bond motifs is 1. The minimum absolute atomic E-state index is 0.0678. The van der Waals surface area contributed by atoms with E-state index in [0.717, 1.165) is 15.4 Å². The molecule has 0 saturated carbocycles. The fourth-order valence-corrected chi connectivity index (χ4v) is 2.37. The third-order valence-electron chi connectivity index (χ3n) is 3.17. The maximum atomic E-state index is 12.2. The fourth-order valence-electron chi connectivity index (χ4n) is 1.79. The topological polar surface area (TPSA) is 82.2 Å². The van der Waals surface area contributed by atoms with E-state index >= 15 is 0 Å². The predicted molar refractivity (Wildman–Crippen MR) is 79.7 cm³/mol. The van der Waals surface area contributed by atoms with E-state index in [4.69, 9.17) is 5.11 Å². The molecule has 0 aliphatic heterocycles. The standard InChI is InChI=1S/C14H15BrN2O3/c1-14(2,13(19)20)7-17-12(18)8-6-16-10-5-3-4-9(15)11(8)10/h3-6,16H,7H2,1-2H3,(H,17,18)(H,19,20). The van der Waals surface area contributed by atoms with Gasteiger partial charge in [-0.15, -0.1) is 0 Å². The van der Waals surface area contributed by atoms with Crippen molar-refractivity contribution in [2.24, 2.45) is 5.41 Å². The van der Waals surface area contributed by atoms with E-state index in [-0.39, 0.29) is 12.5 Å². The van der Waals surface area contributed by atoms with E-state index in [9.17, 15) is 9.59 Å². The number of nitrogens with one attached hydrogen (secondary N) is 2. The molecule has 1 heterocycles. The molecule has 1 aromatic carbocycles. The van der Waals surface area contributed by atoms with Crippen LogP contribution in [-0.4, -0.2) is 28.5 Å². The normalized spacial score (nSPS) is 11.6. The maximum Gasteiger partial charge on any atom is 0.310 e. The molecule has 3 N–H and O–H groups in total. The van der Waals surface area contributed by atoms with Crippen LogP contribution in [0, 0.1) is 5.41 Å². The number of carboxylic acid groups (broad SMARTS) is 1. The molecule has 0 spiro atoms. The van der Waals surface area contributed by atoms with E-state index < -0.39 is 11.4 Å². The Balaban J connectivity index is 2.23. The van der Waals surface area contributed by atoms with Gasteiger partial charge >= 0.3 is 5.97 Å². The molecule has 0 atom stereocenters. The Morgan fingerprint density at radius 3 is 2.75 bits per heavy atom. The lowest BCUT2D eigenvalue weighted by Crippen LogP contribution is -2.38. The molecule has 0 aliphatic rings. The average molecular weight is 339 g/mol. The van der Waals surface area contributed by atoms with Crippen molar-refractivity contribution in [3.63, 3.8) is 0 Å². The van der Waals surface area contributed by atoms with Crippen molar-refractivity contribution in [2.45, 2.75) is 13.8 Å². The zero-order valence-electron chi connectivity index (χ0n) is 11.2. The number of hydrogen-bond donors (Lipinski definition) is 3. The van der Waals surface area contributed by atoms with Crippen LogP contribution in [0.4, 0.5) is 0 Å². The van der Waals surface area contributed by atoms with Gasteiger partial charge in [0.2, 0.25) is 0 Å². The quantitative estimate of drug-likeness (QED) is 0.801. The lowest BCUT2D eigenvalue weighted by molar-refractivity contribution is -0.146. The second kappa shape index (κ2) is 5.28. The first-order valence-corrected chi connectivity index (χ1v) is 6.89. The summed E-state index contributed by atoms with van der Waals surface area (Å²) in [4.78, 5) is 26.2. The molecule has 1 aromatic heterocycles. The van der Waals surface area contributed by atoms with Crippen LogP contribution in [0.3, 0.4) is 0 Å². The molecule has 6 heteroatoms. The molecule has 0 fully saturated rings. The molecule has 2 rings (SSSR count). The van der Waals surface area contributed by atoms with Gasteiger partial charge in [0.15, 0.2) is 0 Å². The Kier molecular flexibility index (Phi) is 3.85. The molecule has 106 valence electrons. The van der Waals surface area contributed by atoms with Gasteiger partial charge in [0.1, 0.15) is 0 Å². The summed E-state index contributed by atoms with van der Waals surface area (Å²) in [6.07, 6.45) is 1.62. The lowest BCUT2D eigenvalue weighted by Gasteiger charge is -2.19. The van der Waals surface area contributed by atoms with Gasteiger partial charge in [0.25, 0.3) is 5.91 Å². The zero-order valence-corrected chi connectivity index (χ0v) is 12.7. The average Bonchev–Trinajstić information content (AvgIpc) is 2.81. The van der Waals surface area contributed by atoms with Crippen LogP contribution in [0.2, 0.25) is 0 Å². The van der Waals surface area contributed by atoms with Crippen molar-refractivity contribution >= 4 is 38.7 Å². The molecule has 0 unspecified atom stereocenters. The summed E-state index contributed by atoms with van der Waals surface area (Å²) in [6, 6.07) is 5.60. The van der Waals surface area contributed by atoms with Crippen LogP contribution >= 0.6 is 15.9 Å². The first-order valence-electron chi connectivity index (χ1n) is 6.10. The number of rotatable bonds is 4. The number of hydrogen-bond acceptors (Lipinski definition) is 2. The third-order valence-corrected chi connectivity index (χ3v) is 3.83. The summed E-state index contributed by atoms with van der Waals surface area (Å²) >= 11 is 3.41. The van der Waals surface area contributed by atoms with Crippen LogP contribution in [-0.2, 0) is 4.79 Å². The lowest BCUT2D eigenvalue weighted by atomic mass is 9.94. The Labute approximate surface area is 124 Å². The predicted octanol–water partition coefficient (Wildman–Crippen LogP) is 2.77. The van der Waals surface area contributed by atoms with Crippen LogP contribution < -0.4 is 5.32 Å². The number of carboxylic acids is 1. The SMILES string of the molecule is CC(C)(CNC(=O)c1c[nH]c2cccc(Br)c12)C(=O)O. The largest absolute Gasteiger partial charge is 0.481 e. The van der Waals surface area contributed by atoms with E-state index in [1.807, 2.05) is 18.2 Å². The van der Waals surface area contributed by atoms with Gasteiger partial charge < -0.3 is 15.4 Å². The second-order valence-corrected chi connectivity index (χ2v) is 6.09. The van der Waals surface area contributed by atoms with Gasteiger partial charge in [-0.1, -0.05) is 22.0 Å². The molecule has 1 amide bonds. The Morgan fingerprint density at radius 1 is 1.40 bits per heavy atom. The van der Waals surface area contributed by atoms with Crippen molar-refractivity contribution in [3.8, 4) is 0 Å². The molecular formula is C14H15BrN2O3. The highest BCUT2D eigenvalue weighted by Crippen LogP contribution is 2.27. The molecule has 0 bridgehead atoms. The number of aromatic nitrogens is 1. The molecule has 2 aromatic rings. The summed E-state index contributed by atoms with van der Waals surface area (Å²) in [6.45, 7) is 3.21. The van der Waals surface area contributed by atoms with E-state index in [0.29, 0.717) is 5.56 Å². The van der Waals surface area contributed by atoms with Crippen molar-refractivity contribution in [2.75, 3.05) is 6.54 Å². The summed E-state index contributed by atoms with van der Waals surface area (Å²) in [7, 11) is 0. The van der Waals surface area contributed by atoms with E-state index in [2.05, 4.69) is 26.2 Å². The highest BCUT2D eigenvalue weighted by atomic mass is 79.9. The number of aromatic amines is 1. The molecule has 0 radical (unpaired) electrons. The molecule has 20 heavy (non-hydrogen) atoms. The van der Waals surface area contributed by atoms with Crippen LogP contribution in [0.1, 0.15) is 24.2 Å². The number of carbonyl (C=O) groups is 2. The minimum atomic E-state index is -1.00. The summed E-state index contributed by atoms with van der Waals surface area (Å²) < 4.78 is 0.818. The van der Waals surface area contributed by atoms with Gasteiger partial charge in [-0.2, -0.15) is 0 Å². The van der Waals surface area contributed by atoms with Crippen molar-refractivity contribution in [3.05, 3.63) is 34.4 Å². The van der Waals surface area contributed by atoms with Crippen molar-refractivity contribution in [1.29, 1.82) is 0 Å². The summed E-state index contributed by atoms with van der Waals surface area (Å²) in [5, 5.41) is 12.5. The number of benzene rings is 1. The highest BCUT2D eigenvalue weighted by molar-refractivity contribution is 9.10. The fraction of sp³-hybridized carbons (Fsp3) is 0.286. The number of aliphatic carboxylic acids is 1. The number of halogens is 1. The maximum absolute atomic E-state index is 12.2. The van der Waals surface area contributed by atoms with Gasteiger partial charge in [-0.05, 0) is 26.0 Å². The van der Waals surface area contributed by atoms with Gasteiger partial charge in [-0.3, -0.25) is 9.59 Å². The number of carbonyl (C=O) groups excluding carboxylic acids is 1. The smallest absolute Gasteiger partial charge is 0.310 e. The van der Waals surface area contributed by atoms with E-state index in [1.54, 1.807) is 20.0 Å². The Morgan fingerprint density at radius 2 is 2.10 bits per heavy atom. The van der Waals surface area contributed by atoms with Crippen molar-refractivity contribution in [1.82, 2.24) is 10.3 Å². The zero-order chi connectivity index (χ0) is 14.9. The molecule has 0 aliphatic carbocycles. The van der Waals surface area contributed by atoms with Crippen LogP contribution in [0.5, 0.6) is 0 Å². The van der Waals surface area contributed by atoms with Gasteiger partial charge in [-0.25, -0.2) is 0 Å².